The summed E-state index contributed by atoms with van der Waals surface area (Å²) in [5.74, 6) is -0.488. The molecule has 3 rings (SSSR count). The number of amides is 1. The van der Waals surface area contributed by atoms with Gasteiger partial charge in [-0.3, -0.25) is 4.79 Å². The molecular formula is C22H26Cl2N2O3S. The standard InChI is InChI=1S/C22H26Cl2N2O3S/c1-16(9-10-17-6-3-2-4-7-17)25-22(27)18-8-5-13-26(15-18)30(28,29)21-14-19(23)11-12-20(21)24/h2-4,6-7,11-12,14,16,18H,5,8-10,13,15H2,1H3,(H,25,27)/t16-,18-/m1/s1. The molecule has 1 fully saturated rings. The van der Waals surface area contributed by atoms with Crippen molar-refractivity contribution in [2.24, 2.45) is 5.92 Å². The number of sulfonamides is 1. The molecule has 0 bridgehead atoms. The maximum atomic E-state index is 13.1. The summed E-state index contributed by atoms with van der Waals surface area (Å²) in [6, 6.07) is 14.5. The number of piperidine rings is 1. The van der Waals surface area contributed by atoms with Crippen molar-refractivity contribution in [1.82, 2.24) is 9.62 Å². The molecule has 2 atom stereocenters. The molecule has 0 spiro atoms. The van der Waals surface area contributed by atoms with Gasteiger partial charge in [0.05, 0.1) is 10.9 Å². The lowest BCUT2D eigenvalue weighted by Crippen LogP contribution is -2.47. The zero-order valence-corrected chi connectivity index (χ0v) is 19.2. The Kier molecular flexibility index (Phi) is 7.80. The highest BCUT2D eigenvalue weighted by atomic mass is 35.5. The molecule has 5 nitrogen and oxygen atoms in total. The predicted molar refractivity (Wildman–Crippen MR) is 120 cm³/mol. The molecule has 2 aromatic rings. The van der Waals surface area contributed by atoms with Crippen LogP contribution >= 0.6 is 23.2 Å². The molecular weight excluding hydrogens is 443 g/mol. The summed E-state index contributed by atoms with van der Waals surface area (Å²) in [5, 5.41) is 3.47. The molecule has 162 valence electrons. The highest BCUT2D eigenvalue weighted by molar-refractivity contribution is 7.89. The normalized spacial score (nSPS) is 18.7. The lowest BCUT2D eigenvalue weighted by Gasteiger charge is -2.32. The Bertz CT molecular complexity index is 983. The van der Waals surface area contributed by atoms with Gasteiger partial charge in [-0.15, -0.1) is 0 Å². The van der Waals surface area contributed by atoms with Gasteiger partial charge in [0.25, 0.3) is 0 Å². The van der Waals surface area contributed by atoms with E-state index in [1.807, 2.05) is 25.1 Å². The largest absolute Gasteiger partial charge is 0.353 e. The second-order valence-corrected chi connectivity index (χ2v) is 10.5. The van der Waals surface area contributed by atoms with Crippen LogP contribution in [0.3, 0.4) is 0 Å². The molecule has 30 heavy (non-hydrogen) atoms. The molecule has 2 aromatic carbocycles. The Labute approximate surface area is 188 Å². The number of hydrogen-bond acceptors (Lipinski definition) is 3. The maximum absolute atomic E-state index is 13.1. The van der Waals surface area contributed by atoms with Gasteiger partial charge in [-0.25, -0.2) is 8.42 Å². The zero-order valence-electron chi connectivity index (χ0n) is 16.9. The second kappa shape index (κ2) is 10.1. The van der Waals surface area contributed by atoms with Crippen LogP contribution in [0, 0.1) is 5.92 Å². The minimum absolute atomic E-state index is 0.00654. The van der Waals surface area contributed by atoms with Crippen LogP contribution in [0.5, 0.6) is 0 Å². The van der Waals surface area contributed by atoms with Gasteiger partial charge in [0.2, 0.25) is 15.9 Å². The van der Waals surface area contributed by atoms with Crippen LogP contribution in [0.25, 0.3) is 0 Å². The van der Waals surface area contributed by atoms with Crippen molar-refractivity contribution in [2.45, 2.75) is 43.5 Å². The highest BCUT2D eigenvalue weighted by Crippen LogP contribution is 2.30. The molecule has 1 heterocycles. The van der Waals surface area contributed by atoms with Gasteiger partial charge in [0.15, 0.2) is 0 Å². The van der Waals surface area contributed by atoms with Crippen LogP contribution in [0.4, 0.5) is 0 Å². The number of nitrogens with one attached hydrogen (secondary N) is 1. The van der Waals surface area contributed by atoms with Gasteiger partial charge in [-0.1, -0.05) is 53.5 Å². The summed E-state index contributed by atoms with van der Waals surface area (Å²) in [6.07, 6.45) is 2.98. The summed E-state index contributed by atoms with van der Waals surface area (Å²) in [5.41, 5.74) is 1.23. The first-order valence-electron chi connectivity index (χ1n) is 10.1. The van der Waals surface area contributed by atoms with Crippen molar-refractivity contribution >= 4 is 39.1 Å². The zero-order chi connectivity index (χ0) is 21.7. The first kappa shape index (κ1) is 23.1. The van der Waals surface area contributed by atoms with Gasteiger partial charge in [0, 0.05) is 24.2 Å². The van der Waals surface area contributed by atoms with E-state index in [1.54, 1.807) is 6.07 Å². The molecule has 1 N–H and O–H groups in total. The van der Waals surface area contributed by atoms with Crippen LogP contribution in [-0.4, -0.2) is 37.8 Å². The van der Waals surface area contributed by atoms with Crippen molar-refractivity contribution in [2.75, 3.05) is 13.1 Å². The number of hydrogen-bond donors (Lipinski definition) is 1. The smallest absolute Gasteiger partial charge is 0.244 e. The third-order valence-electron chi connectivity index (χ3n) is 5.36. The SMILES string of the molecule is C[C@H](CCc1ccccc1)NC(=O)[C@@H]1CCCN(S(=O)(=O)c2cc(Cl)ccc2Cl)C1. The van der Waals surface area contributed by atoms with Gasteiger partial charge in [0.1, 0.15) is 4.90 Å². The molecule has 1 aliphatic rings. The van der Waals surface area contributed by atoms with Gasteiger partial charge in [-0.2, -0.15) is 4.31 Å². The number of carbonyl (C=O) groups is 1. The lowest BCUT2D eigenvalue weighted by atomic mass is 9.98. The quantitative estimate of drug-likeness (QED) is 0.648. The number of aryl methyl sites for hydroxylation is 1. The topological polar surface area (TPSA) is 66.5 Å². The summed E-state index contributed by atoms with van der Waals surface area (Å²) in [6.45, 7) is 2.48. The average Bonchev–Trinajstić information content (AvgIpc) is 2.74. The average molecular weight is 469 g/mol. The predicted octanol–water partition coefficient (Wildman–Crippen LogP) is 4.53. The highest BCUT2D eigenvalue weighted by Gasteiger charge is 2.34. The molecule has 1 saturated heterocycles. The molecule has 0 unspecified atom stereocenters. The summed E-state index contributed by atoms with van der Waals surface area (Å²) in [7, 11) is -3.82. The van der Waals surface area contributed by atoms with Crippen LogP contribution in [0.15, 0.2) is 53.4 Å². The van der Waals surface area contributed by atoms with Crippen molar-refractivity contribution in [3.05, 3.63) is 64.1 Å². The van der Waals surface area contributed by atoms with Crippen molar-refractivity contribution in [3.8, 4) is 0 Å². The minimum atomic E-state index is -3.82. The summed E-state index contributed by atoms with van der Waals surface area (Å²) in [4.78, 5) is 12.8. The van der Waals surface area contributed by atoms with E-state index in [-0.39, 0.29) is 34.3 Å². The Morgan fingerprint density at radius 1 is 1.20 bits per heavy atom. The number of nitrogens with zero attached hydrogens (tertiary/aromatic N) is 1. The molecule has 0 aromatic heterocycles. The van der Waals surface area contributed by atoms with E-state index in [9.17, 15) is 13.2 Å². The Balaban J connectivity index is 1.61. The lowest BCUT2D eigenvalue weighted by molar-refractivity contribution is -0.126. The van der Waals surface area contributed by atoms with Gasteiger partial charge in [-0.05, 0) is 56.4 Å². The van der Waals surface area contributed by atoms with Crippen molar-refractivity contribution < 1.29 is 13.2 Å². The van der Waals surface area contributed by atoms with E-state index in [1.165, 1.54) is 22.0 Å². The Morgan fingerprint density at radius 2 is 1.93 bits per heavy atom. The van der Waals surface area contributed by atoms with Crippen molar-refractivity contribution in [1.29, 1.82) is 0 Å². The fourth-order valence-electron chi connectivity index (χ4n) is 3.65. The third kappa shape index (κ3) is 5.76. The number of rotatable bonds is 7. The first-order chi connectivity index (χ1) is 14.3. The number of halogens is 2. The maximum Gasteiger partial charge on any atom is 0.244 e. The minimum Gasteiger partial charge on any atom is -0.353 e. The van der Waals surface area contributed by atoms with Gasteiger partial charge >= 0.3 is 0 Å². The molecule has 1 amide bonds. The number of benzene rings is 2. The van der Waals surface area contributed by atoms with Crippen molar-refractivity contribution in [3.63, 3.8) is 0 Å². The van der Waals surface area contributed by atoms with Gasteiger partial charge < -0.3 is 5.32 Å². The fraction of sp³-hybridized carbons (Fsp3) is 0.409. The van der Waals surface area contributed by atoms with E-state index in [2.05, 4.69) is 17.4 Å². The molecule has 8 heteroatoms. The van der Waals surface area contributed by atoms with Crippen LogP contribution in [0.1, 0.15) is 31.7 Å². The monoisotopic (exact) mass is 468 g/mol. The fourth-order valence-corrected chi connectivity index (χ4v) is 5.91. The number of carbonyl (C=O) groups excluding carboxylic acids is 1. The van der Waals surface area contributed by atoms with Crippen LogP contribution < -0.4 is 5.32 Å². The van der Waals surface area contributed by atoms with Crippen LogP contribution in [0.2, 0.25) is 10.0 Å². The molecule has 0 radical (unpaired) electrons. The van der Waals surface area contributed by atoms with E-state index in [0.717, 1.165) is 12.8 Å². The van der Waals surface area contributed by atoms with Crippen LogP contribution in [-0.2, 0) is 21.2 Å². The summed E-state index contributed by atoms with van der Waals surface area (Å²) >= 11 is 12.1. The Hall–Kier alpha value is -1.60. The van der Waals surface area contributed by atoms with E-state index >= 15 is 0 Å². The Morgan fingerprint density at radius 3 is 2.67 bits per heavy atom. The third-order valence-corrected chi connectivity index (χ3v) is 7.95. The van der Waals surface area contributed by atoms with E-state index < -0.39 is 10.0 Å². The molecule has 1 aliphatic heterocycles. The van der Waals surface area contributed by atoms with E-state index in [0.29, 0.717) is 24.4 Å². The molecule has 0 saturated carbocycles. The second-order valence-electron chi connectivity index (χ2n) is 7.71. The molecule has 0 aliphatic carbocycles. The van der Waals surface area contributed by atoms with E-state index in [4.69, 9.17) is 23.2 Å². The summed E-state index contributed by atoms with van der Waals surface area (Å²) < 4.78 is 27.5. The first-order valence-corrected chi connectivity index (χ1v) is 12.3.